The Morgan fingerprint density at radius 2 is 1.83 bits per heavy atom. The molecule has 126 valence electrons. The van der Waals surface area contributed by atoms with Gasteiger partial charge in [0.25, 0.3) is 5.91 Å². The molecule has 2 N–H and O–H groups in total. The van der Waals surface area contributed by atoms with E-state index in [1.165, 1.54) is 6.26 Å². The fraction of sp³-hybridized carbons (Fsp3) is 0.133. The van der Waals surface area contributed by atoms with Crippen LogP contribution >= 0.6 is 0 Å². The van der Waals surface area contributed by atoms with Crippen molar-refractivity contribution in [3.8, 4) is 0 Å². The average molecular weight is 338 g/mol. The molecule has 0 aliphatic heterocycles. The summed E-state index contributed by atoms with van der Waals surface area (Å²) in [6, 6.07) is 4.56. The Kier molecular flexibility index (Phi) is 5.61. The van der Waals surface area contributed by atoms with Crippen LogP contribution in [-0.4, -0.2) is 24.5 Å². The van der Waals surface area contributed by atoms with Crippen LogP contribution in [0, 0.1) is 11.6 Å². The summed E-state index contributed by atoms with van der Waals surface area (Å²) in [5, 5.41) is 4.26. The Balaban J connectivity index is 1.75. The van der Waals surface area contributed by atoms with E-state index >= 15 is 0 Å². The number of halogens is 2. The second-order valence-electron chi connectivity index (χ2n) is 4.54. The molecule has 0 bridgehead atoms. The van der Waals surface area contributed by atoms with Gasteiger partial charge in [-0.2, -0.15) is 0 Å². The Morgan fingerprint density at radius 3 is 2.46 bits per heavy atom. The van der Waals surface area contributed by atoms with Crippen LogP contribution in [0.5, 0.6) is 0 Å². The number of benzene rings is 1. The van der Waals surface area contributed by atoms with Crippen molar-refractivity contribution >= 4 is 17.9 Å². The van der Waals surface area contributed by atoms with Gasteiger partial charge in [0.15, 0.2) is 6.61 Å². The maximum atomic E-state index is 13.0. The number of urea groups is 1. The molecule has 0 aliphatic rings. The van der Waals surface area contributed by atoms with E-state index in [1.54, 1.807) is 12.1 Å². The lowest BCUT2D eigenvalue weighted by Gasteiger charge is -2.07. The highest BCUT2D eigenvalue weighted by atomic mass is 19.1. The molecule has 0 saturated carbocycles. The van der Waals surface area contributed by atoms with Crippen molar-refractivity contribution in [1.82, 2.24) is 10.6 Å². The highest BCUT2D eigenvalue weighted by Crippen LogP contribution is 2.09. The van der Waals surface area contributed by atoms with E-state index in [0.717, 1.165) is 12.1 Å². The van der Waals surface area contributed by atoms with Crippen molar-refractivity contribution in [3.05, 3.63) is 59.6 Å². The van der Waals surface area contributed by atoms with E-state index < -0.39 is 36.1 Å². The zero-order valence-electron chi connectivity index (χ0n) is 12.2. The van der Waals surface area contributed by atoms with Crippen LogP contribution in [0.25, 0.3) is 0 Å². The van der Waals surface area contributed by atoms with E-state index in [1.807, 2.05) is 5.32 Å². The average Bonchev–Trinajstić information content (AvgIpc) is 3.03. The molecule has 3 amide bonds. The van der Waals surface area contributed by atoms with Gasteiger partial charge in [-0.1, -0.05) is 0 Å². The van der Waals surface area contributed by atoms with E-state index in [2.05, 4.69) is 10.1 Å². The van der Waals surface area contributed by atoms with Crippen molar-refractivity contribution in [3.63, 3.8) is 0 Å². The van der Waals surface area contributed by atoms with E-state index in [-0.39, 0.29) is 12.1 Å². The molecular weight excluding hydrogens is 326 g/mol. The van der Waals surface area contributed by atoms with Crippen LogP contribution in [0.1, 0.15) is 16.1 Å². The smallest absolute Gasteiger partial charge is 0.338 e. The standard InChI is InChI=1S/C15H12F2N2O5/c16-10-4-9(5-11(17)6-10)14(21)24-8-13(20)19-15(22)18-7-12-2-1-3-23-12/h1-6H,7-8H2,(H2,18,19,20,22). The normalized spacial score (nSPS) is 10.1. The number of hydrogen-bond acceptors (Lipinski definition) is 5. The molecule has 0 unspecified atom stereocenters. The third kappa shape index (κ3) is 5.20. The maximum absolute atomic E-state index is 13.0. The summed E-state index contributed by atoms with van der Waals surface area (Å²) >= 11 is 0. The first kappa shape index (κ1) is 17.1. The molecule has 1 aromatic heterocycles. The van der Waals surface area contributed by atoms with Gasteiger partial charge in [0, 0.05) is 6.07 Å². The molecule has 0 saturated heterocycles. The number of carbonyl (C=O) groups is 3. The quantitative estimate of drug-likeness (QED) is 0.810. The summed E-state index contributed by atoms with van der Waals surface area (Å²) in [6.07, 6.45) is 1.43. The first-order chi connectivity index (χ1) is 11.4. The Labute approximate surface area is 134 Å². The molecule has 0 aliphatic carbocycles. The van der Waals surface area contributed by atoms with Crippen LogP contribution in [0.3, 0.4) is 0 Å². The second-order valence-corrected chi connectivity index (χ2v) is 4.54. The van der Waals surface area contributed by atoms with Gasteiger partial charge in [0.1, 0.15) is 17.4 Å². The topological polar surface area (TPSA) is 97.6 Å². The van der Waals surface area contributed by atoms with E-state index in [4.69, 9.17) is 4.42 Å². The molecule has 1 heterocycles. The number of amides is 3. The summed E-state index contributed by atoms with van der Waals surface area (Å²) in [4.78, 5) is 34.5. The van der Waals surface area contributed by atoms with Crippen LogP contribution in [-0.2, 0) is 16.1 Å². The van der Waals surface area contributed by atoms with E-state index in [0.29, 0.717) is 11.8 Å². The van der Waals surface area contributed by atoms with Crippen molar-refractivity contribution in [2.24, 2.45) is 0 Å². The van der Waals surface area contributed by atoms with Gasteiger partial charge < -0.3 is 14.5 Å². The molecule has 0 spiro atoms. The molecule has 0 fully saturated rings. The SMILES string of the molecule is O=C(COC(=O)c1cc(F)cc(F)c1)NC(=O)NCc1ccco1. The number of carbonyl (C=O) groups excluding carboxylic acids is 3. The zero-order chi connectivity index (χ0) is 17.5. The fourth-order valence-corrected chi connectivity index (χ4v) is 1.67. The lowest BCUT2D eigenvalue weighted by atomic mass is 10.2. The number of hydrogen-bond donors (Lipinski definition) is 2. The molecular formula is C15H12F2N2O5. The van der Waals surface area contributed by atoms with Crippen LogP contribution in [0.2, 0.25) is 0 Å². The minimum Gasteiger partial charge on any atom is -0.467 e. The lowest BCUT2D eigenvalue weighted by molar-refractivity contribution is -0.123. The monoisotopic (exact) mass is 338 g/mol. The molecule has 2 rings (SSSR count). The van der Waals surface area contributed by atoms with Crippen LogP contribution in [0.4, 0.5) is 13.6 Å². The van der Waals surface area contributed by atoms with Gasteiger partial charge >= 0.3 is 12.0 Å². The molecule has 24 heavy (non-hydrogen) atoms. The molecule has 0 atom stereocenters. The number of ether oxygens (including phenoxy) is 1. The summed E-state index contributed by atoms with van der Waals surface area (Å²) in [7, 11) is 0. The summed E-state index contributed by atoms with van der Waals surface area (Å²) in [6.45, 7) is -0.723. The van der Waals surface area contributed by atoms with Crippen LogP contribution in [0.15, 0.2) is 41.0 Å². The fourth-order valence-electron chi connectivity index (χ4n) is 1.67. The highest BCUT2D eigenvalue weighted by Gasteiger charge is 2.14. The lowest BCUT2D eigenvalue weighted by Crippen LogP contribution is -2.41. The molecule has 7 nitrogen and oxygen atoms in total. The maximum Gasteiger partial charge on any atom is 0.338 e. The Morgan fingerprint density at radius 1 is 1.12 bits per heavy atom. The van der Waals surface area contributed by atoms with Gasteiger partial charge in [-0.05, 0) is 24.3 Å². The van der Waals surface area contributed by atoms with Gasteiger partial charge in [0.05, 0.1) is 18.4 Å². The molecule has 0 radical (unpaired) electrons. The second kappa shape index (κ2) is 7.86. The summed E-state index contributed by atoms with van der Waals surface area (Å²) in [5.74, 6) is -3.43. The Hall–Kier alpha value is -3.23. The molecule has 1 aromatic carbocycles. The number of esters is 1. The first-order valence-electron chi connectivity index (χ1n) is 6.67. The summed E-state index contributed by atoms with van der Waals surface area (Å²) in [5.41, 5.74) is -0.387. The zero-order valence-corrected chi connectivity index (χ0v) is 12.2. The van der Waals surface area contributed by atoms with Crippen molar-refractivity contribution < 1.29 is 32.3 Å². The number of nitrogens with one attached hydrogen (secondary N) is 2. The van der Waals surface area contributed by atoms with E-state index in [9.17, 15) is 23.2 Å². The first-order valence-corrected chi connectivity index (χ1v) is 6.67. The van der Waals surface area contributed by atoms with Gasteiger partial charge in [0.2, 0.25) is 0 Å². The molecule has 9 heteroatoms. The van der Waals surface area contributed by atoms with Crippen molar-refractivity contribution in [1.29, 1.82) is 0 Å². The highest BCUT2D eigenvalue weighted by molar-refractivity contribution is 5.96. The minimum absolute atomic E-state index is 0.0640. The van der Waals surface area contributed by atoms with Gasteiger partial charge in [-0.3, -0.25) is 10.1 Å². The van der Waals surface area contributed by atoms with Gasteiger partial charge in [-0.15, -0.1) is 0 Å². The van der Waals surface area contributed by atoms with Crippen molar-refractivity contribution in [2.45, 2.75) is 6.54 Å². The number of furan rings is 1. The summed E-state index contributed by atoms with van der Waals surface area (Å²) < 4.78 is 35.5. The largest absolute Gasteiger partial charge is 0.467 e. The number of rotatable bonds is 5. The third-order valence-electron chi connectivity index (χ3n) is 2.69. The van der Waals surface area contributed by atoms with Crippen LogP contribution < -0.4 is 10.6 Å². The Bertz CT molecular complexity index is 726. The predicted octanol–water partition coefficient (Wildman–Crippen LogP) is 1.74. The minimum atomic E-state index is -1.10. The predicted molar refractivity (Wildman–Crippen MR) is 75.7 cm³/mol. The third-order valence-corrected chi connectivity index (χ3v) is 2.69. The number of imide groups is 1. The van der Waals surface area contributed by atoms with Crippen molar-refractivity contribution in [2.75, 3.05) is 6.61 Å². The van der Waals surface area contributed by atoms with Gasteiger partial charge in [-0.25, -0.2) is 18.4 Å². The molecule has 2 aromatic rings.